The van der Waals surface area contributed by atoms with Crippen LogP contribution in [0.4, 0.5) is 5.69 Å². The molecule has 8 rings (SSSR count). The molecule has 12 heteroatoms. The smallest absolute Gasteiger partial charge is 0.230 e. The Labute approximate surface area is 258 Å². The lowest BCUT2D eigenvalue weighted by atomic mass is 9.74. The first kappa shape index (κ1) is 27.2. The number of amides is 2. The number of likely N-dealkylation sites (tertiary alicyclic amines) is 2. The summed E-state index contributed by atoms with van der Waals surface area (Å²) in [6.07, 6.45) is 10.3. The van der Waals surface area contributed by atoms with E-state index < -0.39 is 0 Å². The summed E-state index contributed by atoms with van der Waals surface area (Å²) < 4.78 is 1.07. The van der Waals surface area contributed by atoms with Crippen LogP contribution in [0.3, 0.4) is 0 Å². The molecule has 1 atom stereocenters. The number of rotatable bonds is 7. The average molecular weight is 617 g/mol. The van der Waals surface area contributed by atoms with Crippen molar-refractivity contribution in [3.05, 3.63) is 51.7 Å². The Morgan fingerprint density at radius 3 is 2.70 bits per heavy atom. The van der Waals surface area contributed by atoms with Gasteiger partial charge in [-0.15, -0.1) is 16.4 Å². The SMILES string of the molecule is O=C1CCC(=O)N1Cc1cc2nccc(-c3cc(Cl)cc4c3N([C@@H]3CN(CCc5nnn[nH]5)C5(CCC5)C3)CCC4)c2s1. The van der Waals surface area contributed by atoms with Crippen LogP contribution in [0, 0.1) is 0 Å². The molecule has 222 valence electrons. The maximum Gasteiger partial charge on any atom is 0.230 e. The molecule has 10 nitrogen and oxygen atoms in total. The largest absolute Gasteiger partial charge is 0.366 e. The van der Waals surface area contributed by atoms with Crippen LogP contribution in [-0.2, 0) is 29.0 Å². The van der Waals surface area contributed by atoms with E-state index in [9.17, 15) is 9.59 Å². The summed E-state index contributed by atoms with van der Waals surface area (Å²) >= 11 is 8.41. The number of imide groups is 1. The first-order chi connectivity index (χ1) is 21.0. The van der Waals surface area contributed by atoms with E-state index in [1.807, 2.05) is 12.3 Å². The van der Waals surface area contributed by atoms with E-state index in [0.717, 1.165) is 82.4 Å². The molecule has 0 bridgehead atoms. The van der Waals surface area contributed by atoms with Crippen molar-refractivity contribution in [1.29, 1.82) is 0 Å². The van der Waals surface area contributed by atoms with Gasteiger partial charge in [0.1, 0.15) is 5.82 Å². The second-order valence-corrected chi connectivity index (χ2v) is 14.0. The van der Waals surface area contributed by atoms with Crippen molar-refractivity contribution in [2.45, 2.75) is 75.9 Å². The second-order valence-electron chi connectivity index (χ2n) is 12.4. The fourth-order valence-electron chi connectivity index (χ4n) is 7.79. The minimum Gasteiger partial charge on any atom is -0.366 e. The van der Waals surface area contributed by atoms with Gasteiger partial charge < -0.3 is 4.90 Å². The zero-order valence-electron chi connectivity index (χ0n) is 23.9. The number of carbonyl (C=O) groups excluding carboxylic acids is 2. The Morgan fingerprint density at radius 2 is 1.93 bits per heavy atom. The molecule has 0 unspecified atom stereocenters. The Balaban J connectivity index is 1.14. The second kappa shape index (κ2) is 10.6. The number of tetrazole rings is 1. The van der Waals surface area contributed by atoms with Crippen molar-refractivity contribution in [1.82, 2.24) is 35.4 Å². The molecular formula is C31H33ClN8O2S. The van der Waals surface area contributed by atoms with Gasteiger partial charge in [0.25, 0.3) is 0 Å². The van der Waals surface area contributed by atoms with Crippen molar-refractivity contribution < 1.29 is 9.59 Å². The zero-order valence-corrected chi connectivity index (χ0v) is 25.5. The van der Waals surface area contributed by atoms with E-state index >= 15 is 0 Å². The number of fused-ring (bicyclic) bond motifs is 2. The third-order valence-corrected chi connectivity index (χ3v) is 11.3. The molecule has 1 N–H and O–H groups in total. The maximum atomic E-state index is 12.3. The predicted octanol–water partition coefficient (Wildman–Crippen LogP) is 4.77. The number of aryl methyl sites for hydroxylation is 1. The van der Waals surface area contributed by atoms with Crippen LogP contribution in [0.2, 0.25) is 5.02 Å². The molecule has 4 aromatic rings. The van der Waals surface area contributed by atoms with E-state index in [0.29, 0.717) is 25.4 Å². The standard InChI is InChI=1S/C31H33ClN8O2S/c32-20-13-19-3-1-11-39(21-16-31(8-2-9-31)38(17-21)12-7-26-34-36-37-35-26)29(19)24(14-20)23-6-10-33-25-15-22(43-30(23)25)18-40-27(41)4-5-28(40)42/h6,10,13-15,21H,1-5,7-9,11-12,16-18H2,(H,34,35,36,37)/t21-/m0/s1. The Hall–Kier alpha value is -3.41. The van der Waals surface area contributed by atoms with Gasteiger partial charge in [-0.25, -0.2) is 5.10 Å². The summed E-state index contributed by atoms with van der Waals surface area (Å²) in [5.41, 5.74) is 6.00. The van der Waals surface area contributed by atoms with Crippen molar-refractivity contribution in [3.8, 4) is 11.1 Å². The number of aromatic amines is 1. The minimum atomic E-state index is -0.0949. The highest BCUT2D eigenvalue weighted by atomic mass is 35.5. The van der Waals surface area contributed by atoms with Crippen molar-refractivity contribution in [3.63, 3.8) is 0 Å². The molecule has 1 saturated carbocycles. The van der Waals surface area contributed by atoms with Crippen LogP contribution in [0.1, 0.15) is 61.2 Å². The first-order valence-electron chi connectivity index (χ1n) is 15.3. The van der Waals surface area contributed by atoms with Gasteiger partial charge >= 0.3 is 0 Å². The average Bonchev–Trinajstić information content (AvgIpc) is 3.78. The molecule has 1 aromatic carbocycles. The third kappa shape index (κ3) is 4.72. The molecule has 43 heavy (non-hydrogen) atoms. The molecule has 3 aliphatic heterocycles. The Kier molecular flexibility index (Phi) is 6.72. The van der Waals surface area contributed by atoms with Crippen molar-refractivity contribution >= 4 is 50.7 Å². The van der Waals surface area contributed by atoms with E-state index in [2.05, 4.69) is 53.6 Å². The highest BCUT2D eigenvalue weighted by Crippen LogP contribution is 2.50. The highest BCUT2D eigenvalue weighted by molar-refractivity contribution is 7.19. The summed E-state index contributed by atoms with van der Waals surface area (Å²) in [7, 11) is 0. The van der Waals surface area contributed by atoms with Crippen LogP contribution in [-0.4, -0.2) is 78.4 Å². The lowest BCUT2D eigenvalue weighted by molar-refractivity contribution is -0.138. The highest BCUT2D eigenvalue weighted by Gasteiger charge is 2.51. The van der Waals surface area contributed by atoms with Gasteiger partial charge in [-0.2, -0.15) is 0 Å². The number of benzene rings is 1. The molecule has 0 radical (unpaired) electrons. The number of halogens is 1. The predicted molar refractivity (Wildman–Crippen MR) is 165 cm³/mol. The Morgan fingerprint density at radius 1 is 1.07 bits per heavy atom. The van der Waals surface area contributed by atoms with E-state index in [1.165, 1.54) is 35.4 Å². The summed E-state index contributed by atoms with van der Waals surface area (Å²) in [4.78, 5) is 37.0. The van der Waals surface area contributed by atoms with Gasteiger partial charge in [-0.3, -0.25) is 24.4 Å². The third-order valence-electron chi connectivity index (χ3n) is 9.96. The van der Waals surface area contributed by atoms with Gasteiger partial charge in [0.05, 0.1) is 16.8 Å². The maximum absolute atomic E-state index is 12.3. The van der Waals surface area contributed by atoms with Crippen molar-refractivity contribution in [2.75, 3.05) is 24.5 Å². The topological polar surface area (TPSA) is 111 Å². The summed E-state index contributed by atoms with van der Waals surface area (Å²) in [6, 6.07) is 8.79. The molecule has 3 aromatic heterocycles. The number of hydrogen-bond donors (Lipinski definition) is 1. The van der Waals surface area contributed by atoms with Crippen LogP contribution in [0.25, 0.3) is 21.3 Å². The molecule has 3 fully saturated rings. The molecule has 6 heterocycles. The van der Waals surface area contributed by atoms with Crippen LogP contribution in [0.15, 0.2) is 30.5 Å². The fraction of sp³-hybridized carbons (Fsp3) is 0.484. The number of H-pyrrole nitrogens is 1. The number of hydrogen-bond acceptors (Lipinski definition) is 9. The molecule has 2 saturated heterocycles. The van der Waals surface area contributed by atoms with Crippen molar-refractivity contribution in [2.24, 2.45) is 0 Å². The van der Waals surface area contributed by atoms with E-state index in [1.54, 1.807) is 11.3 Å². The fourth-order valence-corrected chi connectivity index (χ4v) is 9.16. The molecule has 1 aliphatic carbocycles. The number of thiophene rings is 1. The number of anilines is 1. The lowest BCUT2D eigenvalue weighted by Gasteiger charge is -2.46. The number of pyridine rings is 1. The van der Waals surface area contributed by atoms with Crippen LogP contribution in [0.5, 0.6) is 0 Å². The van der Waals surface area contributed by atoms with Crippen LogP contribution >= 0.6 is 22.9 Å². The zero-order chi connectivity index (χ0) is 29.1. The summed E-state index contributed by atoms with van der Waals surface area (Å²) in [5.74, 6) is 0.652. The summed E-state index contributed by atoms with van der Waals surface area (Å²) in [5, 5.41) is 15.3. The minimum absolute atomic E-state index is 0.0949. The lowest BCUT2D eigenvalue weighted by Crippen LogP contribution is -2.49. The molecule has 4 aliphatic rings. The Bertz CT molecular complexity index is 1700. The molecule has 2 amide bonds. The van der Waals surface area contributed by atoms with Crippen LogP contribution < -0.4 is 4.90 Å². The summed E-state index contributed by atoms with van der Waals surface area (Å²) in [6.45, 7) is 3.30. The number of carbonyl (C=O) groups is 2. The van der Waals surface area contributed by atoms with Gasteiger partial charge in [0, 0.05) is 83.4 Å². The normalized spacial score (nSPS) is 21.7. The molecular weight excluding hydrogens is 584 g/mol. The number of nitrogens with one attached hydrogen (secondary N) is 1. The van der Waals surface area contributed by atoms with Gasteiger partial charge in [-0.1, -0.05) is 11.6 Å². The molecule has 1 spiro atoms. The monoisotopic (exact) mass is 616 g/mol. The first-order valence-corrected chi connectivity index (χ1v) is 16.4. The quantitative estimate of drug-likeness (QED) is 0.296. The van der Waals surface area contributed by atoms with Gasteiger partial charge in [0.2, 0.25) is 11.8 Å². The number of aromatic nitrogens is 5. The van der Waals surface area contributed by atoms with Gasteiger partial charge in [-0.05, 0) is 78.8 Å². The van der Waals surface area contributed by atoms with E-state index in [-0.39, 0.29) is 17.4 Å². The number of nitrogens with zero attached hydrogens (tertiary/aromatic N) is 7. The van der Waals surface area contributed by atoms with E-state index in [4.69, 9.17) is 11.6 Å². The van der Waals surface area contributed by atoms with Gasteiger partial charge in [0.15, 0.2) is 0 Å².